The van der Waals surface area contributed by atoms with Crippen molar-refractivity contribution in [3.63, 3.8) is 0 Å². The van der Waals surface area contributed by atoms with Crippen LogP contribution in [0.3, 0.4) is 0 Å². The summed E-state index contributed by atoms with van der Waals surface area (Å²) in [6, 6.07) is 43.6. The SMILES string of the molecule is COc1ccc(C2(c3ccc(-c4ccccc4)cc3)C=Cc3c4c(c5ccccc5c3O2)-c2ccccc2C42CC(C)(C)CC(C)(C)C2)cc1OC. The van der Waals surface area contributed by atoms with Gasteiger partial charge in [0.2, 0.25) is 0 Å². The van der Waals surface area contributed by atoms with E-state index in [9.17, 15) is 0 Å². The van der Waals surface area contributed by atoms with Crippen molar-refractivity contribution >= 4 is 16.8 Å². The minimum absolute atomic E-state index is 0.139. The van der Waals surface area contributed by atoms with Gasteiger partial charge >= 0.3 is 0 Å². The molecule has 0 bridgehead atoms. The van der Waals surface area contributed by atoms with E-state index in [2.05, 4.69) is 155 Å². The normalized spacial score (nSPS) is 20.1. The lowest BCUT2D eigenvalue weighted by atomic mass is 9.52. The van der Waals surface area contributed by atoms with Gasteiger partial charge in [-0.25, -0.2) is 0 Å². The molecule has 1 unspecified atom stereocenters. The van der Waals surface area contributed by atoms with Gasteiger partial charge in [-0.05, 0) is 87.1 Å². The highest BCUT2D eigenvalue weighted by Gasteiger charge is 2.55. The average Bonchev–Trinajstić information content (AvgIpc) is 3.42. The van der Waals surface area contributed by atoms with Crippen LogP contribution >= 0.6 is 0 Å². The van der Waals surface area contributed by atoms with E-state index in [1.807, 2.05) is 6.07 Å². The van der Waals surface area contributed by atoms with Crippen LogP contribution in [-0.2, 0) is 11.0 Å². The van der Waals surface area contributed by atoms with Crippen molar-refractivity contribution in [2.24, 2.45) is 10.8 Å². The van der Waals surface area contributed by atoms with Gasteiger partial charge in [0.05, 0.1) is 14.2 Å². The highest BCUT2D eigenvalue weighted by Crippen LogP contribution is 2.66. The Morgan fingerprint density at radius 3 is 1.90 bits per heavy atom. The molecule has 0 radical (unpaired) electrons. The highest BCUT2D eigenvalue weighted by atomic mass is 16.5. The maximum absolute atomic E-state index is 7.70. The van der Waals surface area contributed by atoms with Gasteiger partial charge in [-0.3, -0.25) is 0 Å². The summed E-state index contributed by atoms with van der Waals surface area (Å²) in [7, 11) is 3.37. The van der Waals surface area contributed by atoms with E-state index in [4.69, 9.17) is 14.2 Å². The van der Waals surface area contributed by atoms with Crippen LogP contribution in [-0.4, -0.2) is 14.2 Å². The predicted molar refractivity (Wildman–Crippen MR) is 213 cm³/mol. The lowest BCUT2D eigenvalue weighted by molar-refractivity contribution is 0.0642. The molecule has 0 amide bonds. The van der Waals surface area contributed by atoms with Crippen LogP contribution in [0.1, 0.15) is 74.8 Å². The Kier molecular flexibility index (Phi) is 7.29. The summed E-state index contributed by atoms with van der Waals surface area (Å²) in [5.41, 5.74) is 10.5. The first-order valence-electron chi connectivity index (χ1n) is 18.5. The average molecular weight is 683 g/mol. The van der Waals surface area contributed by atoms with Gasteiger partial charge < -0.3 is 14.2 Å². The Labute approximate surface area is 307 Å². The fraction of sp³-hybridized carbons (Fsp3) is 0.265. The van der Waals surface area contributed by atoms with E-state index in [0.29, 0.717) is 11.5 Å². The summed E-state index contributed by atoms with van der Waals surface area (Å²) in [6.45, 7) is 9.88. The van der Waals surface area contributed by atoms with Crippen LogP contribution in [0.2, 0.25) is 0 Å². The summed E-state index contributed by atoms with van der Waals surface area (Å²) >= 11 is 0. The van der Waals surface area contributed by atoms with E-state index in [-0.39, 0.29) is 16.2 Å². The van der Waals surface area contributed by atoms with Crippen molar-refractivity contribution in [3.05, 3.63) is 155 Å². The van der Waals surface area contributed by atoms with Crippen molar-refractivity contribution in [3.8, 4) is 39.5 Å². The first-order valence-corrected chi connectivity index (χ1v) is 18.5. The Bertz CT molecular complexity index is 2370. The molecule has 9 rings (SSSR count). The Morgan fingerprint density at radius 2 is 1.19 bits per heavy atom. The summed E-state index contributed by atoms with van der Waals surface area (Å²) in [5.74, 6) is 2.29. The standard InChI is InChI=1S/C49H46O3/c1-46(2)29-47(3,4)31-48(30-46)40-19-13-12-18-38(40)43-36-16-10-11-17-37(36)45-39(44(43)48)26-27-49(52-45,35-24-25-41(50-5)42(28-35)51-6)34-22-20-33(21-23-34)32-14-8-7-9-15-32/h7-28H,29-31H2,1-6H3. The van der Waals surface area contributed by atoms with Gasteiger partial charge in [0.1, 0.15) is 5.75 Å². The molecule has 0 N–H and O–H groups in total. The maximum atomic E-state index is 7.70. The minimum Gasteiger partial charge on any atom is -0.493 e. The molecule has 0 saturated heterocycles. The molecule has 1 saturated carbocycles. The minimum atomic E-state index is -0.928. The molecular weight excluding hydrogens is 637 g/mol. The monoisotopic (exact) mass is 682 g/mol. The molecule has 3 heteroatoms. The third-order valence-electron chi connectivity index (χ3n) is 11.9. The van der Waals surface area contributed by atoms with E-state index >= 15 is 0 Å². The quantitative estimate of drug-likeness (QED) is 0.181. The Hall–Kier alpha value is -5.28. The van der Waals surface area contributed by atoms with Crippen molar-refractivity contribution in [2.75, 3.05) is 14.2 Å². The van der Waals surface area contributed by atoms with Crippen LogP contribution in [0.25, 0.3) is 39.1 Å². The summed E-state index contributed by atoms with van der Waals surface area (Å²) < 4.78 is 19.3. The molecular formula is C49H46O3. The number of rotatable bonds is 5. The third kappa shape index (κ3) is 4.85. The van der Waals surface area contributed by atoms with Gasteiger partial charge in [0.25, 0.3) is 0 Å². The second-order valence-corrected chi connectivity index (χ2v) is 16.7. The summed E-state index contributed by atoms with van der Waals surface area (Å²) in [4.78, 5) is 0. The number of benzene rings is 6. The number of hydrogen-bond donors (Lipinski definition) is 0. The largest absolute Gasteiger partial charge is 0.493 e. The molecule has 52 heavy (non-hydrogen) atoms. The molecule has 1 fully saturated rings. The molecule has 1 aliphatic heterocycles. The molecule has 1 atom stereocenters. The topological polar surface area (TPSA) is 27.7 Å². The van der Waals surface area contributed by atoms with Gasteiger partial charge in [-0.2, -0.15) is 0 Å². The zero-order valence-electron chi connectivity index (χ0n) is 31.0. The molecule has 6 aromatic carbocycles. The first kappa shape index (κ1) is 32.6. The van der Waals surface area contributed by atoms with Crippen molar-refractivity contribution in [1.82, 2.24) is 0 Å². The first-order chi connectivity index (χ1) is 25.1. The van der Waals surface area contributed by atoms with E-state index in [0.717, 1.165) is 40.7 Å². The number of methoxy groups -OCH3 is 2. The Balaban J connectivity index is 1.32. The molecule has 6 aromatic rings. The molecule has 0 aromatic heterocycles. The molecule has 2 aliphatic carbocycles. The summed E-state index contributed by atoms with van der Waals surface area (Å²) in [5, 5.41) is 2.38. The number of fused-ring (bicyclic) bond motifs is 10. The van der Waals surface area contributed by atoms with Crippen LogP contribution in [0.5, 0.6) is 17.2 Å². The molecule has 260 valence electrons. The van der Waals surface area contributed by atoms with E-state index in [1.165, 1.54) is 45.2 Å². The van der Waals surface area contributed by atoms with E-state index < -0.39 is 5.60 Å². The molecule has 3 aliphatic rings. The Morgan fingerprint density at radius 1 is 0.577 bits per heavy atom. The van der Waals surface area contributed by atoms with Gasteiger partial charge in [0, 0.05) is 27.5 Å². The van der Waals surface area contributed by atoms with E-state index in [1.54, 1.807) is 14.2 Å². The maximum Gasteiger partial charge on any atom is 0.178 e. The molecule has 1 heterocycles. The summed E-state index contributed by atoms with van der Waals surface area (Å²) in [6.07, 6.45) is 8.05. The van der Waals surface area contributed by atoms with Crippen molar-refractivity contribution in [2.45, 2.75) is 58.0 Å². The van der Waals surface area contributed by atoms with Crippen LogP contribution in [0.15, 0.2) is 127 Å². The lowest BCUT2D eigenvalue weighted by Crippen LogP contribution is -2.44. The fourth-order valence-corrected chi connectivity index (χ4v) is 10.7. The van der Waals surface area contributed by atoms with Gasteiger partial charge in [-0.1, -0.05) is 143 Å². The molecule has 1 spiro atoms. The second-order valence-electron chi connectivity index (χ2n) is 16.7. The fourth-order valence-electron chi connectivity index (χ4n) is 10.7. The van der Waals surface area contributed by atoms with Gasteiger partial charge in [-0.15, -0.1) is 0 Å². The van der Waals surface area contributed by atoms with Crippen molar-refractivity contribution in [1.29, 1.82) is 0 Å². The van der Waals surface area contributed by atoms with Gasteiger partial charge in [0.15, 0.2) is 17.1 Å². The van der Waals surface area contributed by atoms with Crippen LogP contribution < -0.4 is 14.2 Å². The highest BCUT2D eigenvalue weighted by molar-refractivity contribution is 6.08. The van der Waals surface area contributed by atoms with Crippen LogP contribution in [0, 0.1) is 10.8 Å². The van der Waals surface area contributed by atoms with Crippen molar-refractivity contribution < 1.29 is 14.2 Å². The van der Waals surface area contributed by atoms with Crippen LogP contribution in [0.4, 0.5) is 0 Å². The second kappa shape index (κ2) is 11.6. The third-order valence-corrected chi connectivity index (χ3v) is 11.9. The lowest BCUT2D eigenvalue weighted by Gasteiger charge is -2.52. The predicted octanol–water partition coefficient (Wildman–Crippen LogP) is 12.4. The number of hydrogen-bond acceptors (Lipinski definition) is 3. The zero-order valence-corrected chi connectivity index (χ0v) is 31.0. The zero-order chi connectivity index (χ0) is 35.9. The smallest absolute Gasteiger partial charge is 0.178 e. The number of ether oxygens (including phenoxy) is 3. The molecule has 3 nitrogen and oxygen atoms in total.